The molecule has 0 saturated heterocycles. The van der Waals surface area contributed by atoms with Crippen LogP contribution in [-0.4, -0.2) is 24.8 Å². The summed E-state index contributed by atoms with van der Waals surface area (Å²) in [4.78, 5) is 11.7. The maximum Gasteiger partial charge on any atom is 0.337 e. The number of rotatable bonds is 4. The molecule has 2 saturated carbocycles. The van der Waals surface area contributed by atoms with Crippen LogP contribution in [0.15, 0.2) is 24.3 Å². The first-order chi connectivity index (χ1) is 10.2. The number of methoxy groups -OCH3 is 1. The Kier molecular flexibility index (Phi) is 4.03. The highest BCUT2D eigenvalue weighted by atomic mass is 16.5. The molecule has 21 heavy (non-hydrogen) atoms. The monoisotopic (exact) mass is 288 g/mol. The maximum absolute atomic E-state index is 11.7. The number of hydrogen-bond acceptors (Lipinski definition) is 3. The number of benzene rings is 1. The topological polar surface area (TPSA) is 46.5 Å². The Labute approximate surface area is 126 Å². The number of aliphatic hydroxyl groups excluding tert-OH is 1. The van der Waals surface area contributed by atoms with Crippen LogP contribution < -0.4 is 0 Å². The first kappa shape index (κ1) is 14.6. The molecule has 0 radical (unpaired) electrons. The number of esters is 1. The van der Waals surface area contributed by atoms with Crippen molar-refractivity contribution in [1.82, 2.24) is 0 Å². The van der Waals surface area contributed by atoms with E-state index in [2.05, 4.69) is 0 Å². The largest absolute Gasteiger partial charge is 0.465 e. The Bertz CT molecular complexity index is 519. The van der Waals surface area contributed by atoms with E-state index in [1.54, 1.807) is 6.07 Å². The molecule has 0 bridgehead atoms. The summed E-state index contributed by atoms with van der Waals surface area (Å²) < 4.78 is 4.80. The highest BCUT2D eigenvalue weighted by Crippen LogP contribution is 2.60. The molecule has 0 spiro atoms. The van der Waals surface area contributed by atoms with Crippen molar-refractivity contribution in [3.05, 3.63) is 35.4 Å². The second-order valence-corrected chi connectivity index (χ2v) is 6.60. The van der Waals surface area contributed by atoms with E-state index in [1.807, 2.05) is 18.2 Å². The number of ether oxygens (including phenoxy) is 1. The predicted molar refractivity (Wildman–Crippen MR) is 81.2 cm³/mol. The second kappa shape index (κ2) is 5.80. The van der Waals surface area contributed by atoms with Gasteiger partial charge >= 0.3 is 5.97 Å². The lowest BCUT2D eigenvalue weighted by Crippen LogP contribution is -2.21. The molecule has 1 N–H and O–H groups in total. The quantitative estimate of drug-likeness (QED) is 0.865. The number of carbonyl (C=O) groups excluding carboxylic acids is 1. The van der Waals surface area contributed by atoms with Crippen LogP contribution in [0.1, 0.15) is 54.4 Å². The van der Waals surface area contributed by atoms with E-state index < -0.39 is 0 Å². The summed E-state index contributed by atoms with van der Waals surface area (Å²) in [6, 6.07) is 7.63. The molecular weight excluding hydrogens is 264 g/mol. The Morgan fingerprint density at radius 3 is 2.76 bits per heavy atom. The van der Waals surface area contributed by atoms with Gasteiger partial charge in [0, 0.05) is 5.41 Å². The standard InChI is InChI=1S/C18H24O3/c1-21-17(20)14-8-5-9-15(10-14)18(12-19)11-16(18)13-6-3-2-4-7-13/h5,8-10,13,16,19H,2-4,6-7,11-12H2,1H3. The fourth-order valence-electron chi connectivity index (χ4n) is 4.17. The first-order valence-electron chi connectivity index (χ1n) is 8.01. The van der Waals surface area contributed by atoms with Gasteiger partial charge in [0.05, 0.1) is 19.3 Å². The molecule has 1 aromatic rings. The third-order valence-electron chi connectivity index (χ3n) is 5.49. The zero-order valence-electron chi connectivity index (χ0n) is 12.7. The molecule has 0 aromatic heterocycles. The van der Waals surface area contributed by atoms with Gasteiger partial charge in [-0.1, -0.05) is 44.2 Å². The molecule has 2 aliphatic carbocycles. The van der Waals surface area contributed by atoms with Crippen LogP contribution in [-0.2, 0) is 10.2 Å². The minimum Gasteiger partial charge on any atom is -0.465 e. The SMILES string of the molecule is COC(=O)c1cccc(C2(CO)CC2C2CCCCC2)c1. The number of hydrogen-bond donors (Lipinski definition) is 1. The molecule has 2 fully saturated rings. The van der Waals surface area contributed by atoms with E-state index in [-0.39, 0.29) is 18.0 Å². The molecule has 2 aliphatic rings. The third-order valence-corrected chi connectivity index (χ3v) is 5.49. The smallest absolute Gasteiger partial charge is 0.337 e. The lowest BCUT2D eigenvalue weighted by Gasteiger charge is -2.25. The summed E-state index contributed by atoms with van der Waals surface area (Å²) in [5, 5.41) is 9.98. The predicted octanol–water partition coefficient (Wildman–Crippen LogP) is 3.30. The number of carbonyl (C=O) groups is 1. The van der Waals surface area contributed by atoms with E-state index in [4.69, 9.17) is 4.74 Å². The fraction of sp³-hybridized carbons (Fsp3) is 0.611. The van der Waals surface area contributed by atoms with Gasteiger partial charge in [-0.05, 0) is 36.0 Å². The Hall–Kier alpha value is -1.35. The van der Waals surface area contributed by atoms with Crippen molar-refractivity contribution in [3.63, 3.8) is 0 Å². The van der Waals surface area contributed by atoms with Crippen LogP contribution in [0.25, 0.3) is 0 Å². The third kappa shape index (κ3) is 2.59. The van der Waals surface area contributed by atoms with Crippen molar-refractivity contribution in [3.8, 4) is 0 Å². The van der Waals surface area contributed by atoms with Gasteiger partial charge in [0.2, 0.25) is 0 Å². The summed E-state index contributed by atoms with van der Waals surface area (Å²) in [7, 11) is 1.40. The van der Waals surface area contributed by atoms with E-state index in [1.165, 1.54) is 39.2 Å². The summed E-state index contributed by atoms with van der Waals surface area (Å²) in [6.07, 6.45) is 7.65. The number of aliphatic hydroxyl groups is 1. The first-order valence-corrected chi connectivity index (χ1v) is 8.01. The van der Waals surface area contributed by atoms with Gasteiger partial charge in [-0.15, -0.1) is 0 Å². The molecule has 0 amide bonds. The molecular formula is C18H24O3. The molecule has 0 aliphatic heterocycles. The van der Waals surface area contributed by atoms with Gasteiger partial charge in [0.15, 0.2) is 0 Å². The van der Waals surface area contributed by atoms with Gasteiger partial charge in [0.25, 0.3) is 0 Å². The van der Waals surface area contributed by atoms with Crippen molar-refractivity contribution in [2.24, 2.45) is 11.8 Å². The lowest BCUT2D eigenvalue weighted by molar-refractivity contribution is 0.0600. The van der Waals surface area contributed by atoms with Crippen molar-refractivity contribution in [2.45, 2.75) is 43.9 Å². The van der Waals surface area contributed by atoms with Crippen LogP contribution in [0.3, 0.4) is 0 Å². The van der Waals surface area contributed by atoms with Crippen LogP contribution in [0, 0.1) is 11.8 Å². The van der Waals surface area contributed by atoms with E-state index >= 15 is 0 Å². The highest BCUT2D eigenvalue weighted by Gasteiger charge is 2.57. The van der Waals surface area contributed by atoms with Crippen molar-refractivity contribution >= 4 is 5.97 Å². The van der Waals surface area contributed by atoms with E-state index in [0.29, 0.717) is 11.5 Å². The minimum absolute atomic E-state index is 0.119. The molecule has 0 heterocycles. The molecule has 3 nitrogen and oxygen atoms in total. The fourth-order valence-corrected chi connectivity index (χ4v) is 4.17. The second-order valence-electron chi connectivity index (χ2n) is 6.60. The van der Waals surface area contributed by atoms with Crippen LogP contribution in [0.4, 0.5) is 0 Å². The summed E-state index contributed by atoms with van der Waals surface area (Å²) in [5.41, 5.74) is 1.56. The zero-order valence-corrected chi connectivity index (χ0v) is 12.7. The van der Waals surface area contributed by atoms with Crippen molar-refractivity contribution in [2.75, 3.05) is 13.7 Å². The molecule has 2 unspecified atom stereocenters. The van der Waals surface area contributed by atoms with Gasteiger partial charge in [-0.3, -0.25) is 0 Å². The summed E-state index contributed by atoms with van der Waals surface area (Å²) in [5.74, 6) is 1.02. The lowest BCUT2D eigenvalue weighted by atomic mass is 9.80. The van der Waals surface area contributed by atoms with Gasteiger partial charge in [-0.25, -0.2) is 4.79 Å². The molecule has 114 valence electrons. The van der Waals surface area contributed by atoms with Crippen LogP contribution >= 0.6 is 0 Å². The van der Waals surface area contributed by atoms with E-state index in [9.17, 15) is 9.90 Å². The Balaban J connectivity index is 1.82. The average molecular weight is 288 g/mol. The molecule has 3 heteroatoms. The zero-order chi connectivity index (χ0) is 14.9. The van der Waals surface area contributed by atoms with Gasteiger partial charge in [0.1, 0.15) is 0 Å². The van der Waals surface area contributed by atoms with Crippen molar-refractivity contribution in [1.29, 1.82) is 0 Å². The van der Waals surface area contributed by atoms with E-state index in [0.717, 1.165) is 17.9 Å². The van der Waals surface area contributed by atoms with Crippen LogP contribution in [0.5, 0.6) is 0 Å². The Morgan fingerprint density at radius 1 is 1.33 bits per heavy atom. The molecule has 2 atom stereocenters. The summed E-state index contributed by atoms with van der Waals surface area (Å²) in [6.45, 7) is 0.179. The maximum atomic E-state index is 11.7. The van der Waals surface area contributed by atoms with Crippen molar-refractivity contribution < 1.29 is 14.6 Å². The highest BCUT2D eigenvalue weighted by molar-refractivity contribution is 5.89. The van der Waals surface area contributed by atoms with Gasteiger partial charge < -0.3 is 9.84 Å². The Morgan fingerprint density at radius 2 is 2.10 bits per heavy atom. The minimum atomic E-state index is -0.306. The molecule has 1 aromatic carbocycles. The average Bonchev–Trinajstić information content (AvgIpc) is 3.31. The summed E-state index contributed by atoms with van der Waals surface area (Å²) >= 11 is 0. The van der Waals surface area contributed by atoms with Gasteiger partial charge in [-0.2, -0.15) is 0 Å². The normalized spacial score (nSPS) is 29.1. The van der Waals surface area contributed by atoms with Crippen LogP contribution in [0.2, 0.25) is 0 Å². The molecule has 3 rings (SSSR count).